The molecule has 2 aromatic rings. The zero-order valence-electron chi connectivity index (χ0n) is 13.3. The zero-order valence-corrected chi connectivity index (χ0v) is 13.3. The average Bonchev–Trinajstić information content (AvgIpc) is 3.19. The Labute approximate surface area is 144 Å². The lowest BCUT2D eigenvalue weighted by Crippen LogP contribution is -2.15. The van der Waals surface area contributed by atoms with Crippen LogP contribution in [0.25, 0.3) is 11.1 Å². The molecule has 6 nitrogen and oxygen atoms in total. The van der Waals surface area contributed by atoms with E-state index in [1.807, 2.05) is 36.4 Å². The molecule has 0 radical (unpaired) electrons. The first-order valence-electron chi connectivity index (χ1n) is 8.02. The van der Waals surface area contributed by atoms with Crippen LogP contribution >= 0.6 is 0 Å². The molecule has 2 aliphatic rings. The standard InChI is InChI=1S/C19H15NO5/c21-17-9-10-18(20-17)24-25-19(22)23-11-16-14-7-3-1-5-12(14)13-6-2-4-8-15(13)16/h1-8,16H,9-11H2. The highest BCUT2D eigenvalue weighted by atomic mass is 17.2. The predicted molar refractivity (Wildman–Crippen MR) is 88.9 cm³/mol. The molecule has 0 spiro atoms. The molecule has 6 heteroatoms. The Balaban J connectivity index is 1.42. The van der Waals surface area contributed by atoms with E-state index in [1.54, 1.807) is 0 Å². The minimum atomic E-state index is -0.955. The van der Waals surface area contributed by atoms with Crippen molar-refractivity contribution in [3.8, 4) is 11.1 Å². The third-order valence-electron chi connectivity index (χ3n) is 4.34. The fourth-order valence-corrected chi connectivity index (χ4v) is 3.22. The Morgan fingerprint density at radius 1 is 1.00 bits per heavy atom. The molecule has 0 saturated heterocycles. The molecule has 25 heavy (non-hydrogen) atoms. The van der Waals surface area contributed by atoms with Gasteiger partial charge in [0.25, 0.3) is 0 Å². The van der Waals surface area contributed by atoms with Gasteiger partial charge in [0.1, 0.15) is 6.61 Å². The van der Waals surface area contributed by atoms with Crippen molar-refractivity contribution in [1.29, 1.82) is 0 Å². The zero-order chi connectivity index (χ0) is 17.2. The van der Waals surface area contributed by atoms with E-state index in [4.69, 9.17) is 9.62 Å². The van der Waals surface area contributed by atoms with Crippen molar-refractivity contribution in [3.63, 3.8) is 0 Å². The van der Waals surface area contributed by atoms with Crippen LogP contribution in [0, 0.1) is 0 Å². The molecule has 1 amide bonds. The van der Waals surface area contributed by atoms with Gasteiger partial charge in [-0.25, -0.2) is 4.89 Å². The van der Waals surface area contributed by atoms with Crippen molar-refractivity contribution in [3.05, 3.63) is 59.7 Å². The minimum Gasteiger partial charge on any atom is -0.431 e. The molecular formula is C19H15NO5. The molecule has 0 N–H and O–H groups in total. The van der Waals surface area contributed by atoms with Gasteiger partial charge in [0, 0.05) is 18.8 Å². The smallest absolute Gasteiger partial charge is 0.431 e. The Morgan fingerprint density at radius 3 is 2.24 bits per heavy atom. The van der Waals surface area contributed by atoms with E-state index in [9.17, 15) is 9.59 Å². The second-order valence-electron chi connectivity index (χ2n) is 5.85. The number of hydrogen-bond acceptors (Lipinski definition) is 5. The lowest BCUT2D eigenvalue weighted by Gasteiger charge is -2.13. The van der Waals surface area contributed by atoms with E-state index >= 15 is 0 Å². The number of aliphatic imine (C=N–C) groups is 1. The van der Waals surface area contributed by atoms with Crippen LogP contribution in [0.1, 0.15) is 29.9 Å². The third-order valence-corrected chi connectivity index (χ3v) is 4.34. The molecule has 0 atom stereocenters. The molecule has 1 aliphatic carbocycles. The van der Waals surface area contributed by atoms with Gasteiger partial charge in [-0.15, -0.1) is 0 Å². The number of rotatable bonds is 2. The van der Waals surface area contributed by atoms with Gasteiger partial charge >= 0.3 is 6.16 Å². The molecule has 126 valence electrons. The fraction of sp³-hybridized carbons (Fsp3) is 0.211. The maximum Gasteiger partial charge on any atom is 0.549 e. The number of nitrogens with zero attached hydrogens (tertiary/aromatic N) is 1. The normalized spacial score (nSPS) is 15.4. The molecule has 0 unspecified atom stereocenters. The van der Waals surface area contributed by atoms with E-state index in [0.717, 1.165) is 22.3 Å². The van der Waals surface area contributed by atoms with Gasteiger partial charge in [-0.05, 0) is 22.3 Å². The van der Waals surface area contributed by atoms with Crippen molar-refractivity contribution in [2.45, 2.75) is 18.8 Å². The SMILES string of the molecule is O=C1CCC(OOC(=O)OCC2c3ccccc3-c3ccccc32)=N1. The summed E-state index contributed by atoms with van der Waals surface area (Å²) in [5, 5.41) is 0. The number of carbonyl (C=O) groups excluding carboxylic acids is 2. The molecule has 4 rings (SSSR count). The summed E-state index contributed by atoms with van der Waals surface area (Å²) in [6.45, 7) is 0.141. The number of amides is 1. The first-order valence-corrected chi connectivity index (χ1v) is 8.02. The minimum absolute atomic E-state index is 0.0506. The second-order valence-corrected chi connectivity index (χ2v) is 5.85. The molecule has 0 bridgehead atoms. The monoisotopic (exact) mass is 337 g/mol. The van der Waals surface area contributed by atoms with Crippen LogP contribution in [0.2, 0.25) is 0 Å². The van der Waals surface area contributed by atoms with Crippen molar-refractivity contribution in [2.75, 3.05) is 6.61 Å². The lowest BCUT2D eigenvalue weighted by atomic mass is 9.98. The molecule has 0 fully saturated rings. The first kappa shape index (κ1) is 15.4. The summed E-state index contributed by atoms with van der Waals surface area (Å²) < 4.78 is 5.20. The molecule has 1 heterocycles. The van der Waals surface area contributed by atoms with Crippen LogP contribution in [0.5, 0.6) is 0 Å². The summed E-state index contributed by atoms with van der Waals surface area (Å²) in [7, 11) is 0. The Bertz CT molecular complexity index is 828. The van der Waals surface area contributed by atoms with Crippen LogP contribution < -0.4 is 0 Å². The maximum absolute atomic E-state index is 11.8. The van der Waals surface area contributed by atoms with Crippen LogP contribution in [0.15, 0.2) is 53.5 Å². The highest BCUT2D eigenvalue weighted by Crippen LogP contribution is 2.44. The first-order chi connectivity index (χ1) is 12.2. The molecule has 0 saturated carbocycles. The largest absolute Gasteiger partial charge is 0.549 e. The van der Waals surface area contributed by atoms with E-state index in [-0.39, 0.29) is 30.8 Å². The van der Waals surface area contributed by atoms with Crippen LogP contribution in [0.3, 0.4) is 0 Å². The molecular weight excluding hydrogens is 322 g/mol. The van der Waals surface area contributed by atoms with Crippen molar-refractivity contribution >= 4 is 18.0 Å². The highest BCUT2D eigenvalue weighted by Gasteiger charge is 2.29. The Morgan fingerprint density at radius 2 is 1.64 bits per heavy atom. The molecule has 1 aliphatic heterocycles. The van der Waals surface area contributed by atoms with E-state index in [2.05, 4.69) is 22.0 Å². The summed E-state index contributed by atoms with van der Waals surface area (Å²) in [6.07, 6.45) is -0.359. The van der Waals surface area contributed by atoms with Gasteiger partial charge in [0.2, 0.25) is 11.8 Å². The van der Waals surface area contributed by atoms with Crippen LogP contribution in [-0.4, -0.2) is 24.6 Å². The average molecular weight is 337 g/mol. The summed E-state index contributed by atoms with van der Waals surface area (Å²) in [5.41, 5.74) is 4.52. The number of carbonyl (C=O) groups is 2. The third kappa shape index (κ3) is 2.98. The Kier molecular flexibility index (Phi) is 3.93. The Hall–Kier alpha value is -3.15. The van der Waals surface area contributed by atoms with Gasteiger partial charge in [-0.1, -0.05) is 48.5 Å². The number of ether oxygens (including phenoxy) is 1. The molecule has 2 aromatic carbocycles. The number of benzene rings is 2. The van der Waals surface area contributed by atoms with Gasteiger partial charge < -0.3 is 4.74 Å². The van der Waals surface area contributed by atoms with Crippen molar-refractivity contribution in [2.24, 2.45) is 4.99 Å². The maximum atomic E-state index is 11.8. The second kappa shape index (κ2) is 6.39. The van der Waals surface area contributed by atoms with E-state index in [0.29, 0.717) is 6.42 Å². The highest BCUT2D eigenvalue weighted by molar-refractivity contribution is 5.98. The fourth-order valence-electron chi connectivity index (χ4n) is 3.22. The van der Waals surface area contributed by atoms with Crippen molar-refractivity contribution in [1.82, 2.24) is 0 Å². The lowest BCUT2D eigenvalue weighted by molar-refractivity contribution is -0.183. The predicted octanol–water partition coefficient (Wildman–Crippen LogP) is 3.60. The number of hydrogen-bond donors (Lipinski definition) is 0. The quantitative estimate of drug-likeness (QED) is 0.475. The van der Waals surface area contributed by atoms with Gasteiger partial charge in [0.15, 0.2) is 0 Å². The van der Waals surface area contributed by atoms with Gasteiger partial charge in [-0.3, -0.25) is 9.68 Å². The van der Waals surface area contributed by atoms with Gasteiger partial charge in [-0.2, -0.15) is 9.79 Å². The molecule has 0 aromatic heterocycles. The van der Waals surface area contributed by atoms with Crippen LogP contribution in [0.4, 0.5) is 4.79 Å². The summed E-state index contributed by atoms with van der Waals surface area (Å²) in [4.78, 5) is 35.6. The van der Waals surface area contributed by atoms with Crippen LogP contribution in [-0.2, 0) is 19.3 Å². The summed E-state index contributed by atoms with van der Waals surface area (Å²) >= 11 is 0. The number of fused-ring (bicyclic) bond motifs is 3. The topological polar surface area (TPSA) is 74.2 Å². The summed E-state index contributed by atoms with van der Waals surface area (Å²) in [6, 6.07) is 16.1. The summed E-state index contributed by atoms with van der Waals surface area (Å²) in [5.74, 6) is -0.241. The van der Waals surface area contributed by atoms with E-state index in [1.165, 1.54) is 0 Å². The van der Waals surface area contributed by atoms with E-state index < -0.39 is 6.16 Å². The van der Waals surface area contributed by atoms with Crippen molar-refractivity contribution < 1.29 is 24.1 Å². The van der Waals surface area contributed by atoms with Gasteiger partial charge in [0.05, 0.1) is 0 Å².